The number of hydrogen-bond acceptors (Lipinski definition) is 14. The molecule has 738 valence electrons. The standard InChI is InChI=1S/C123H153BN6O6S4/c1-17-27-33-35-37-39-47-94-53-59-98(60-54-94)130(99-61-55-95(56-62-99)48-40-38-36-34-28-18-2)100-63-57-97(58-64-100)109-65-67-111(138-109)118-114-115(123(132)128(118)78-102-105(133-80-90(23-7)43-29-19-3)49-41-50-106(102)134-81-91(24-8)44-30-20-4)119(129(122(114)131)79-103-107(135-82-92(25-9)45-31-21-5)51-42-52-108(103)136-83-93(26-10)46-32-22-6)112-68-66-110(139-112)113-74-104(120(140-113)121-127-77-101(137-121)73-96(75-125)76-126)124(116-86(13)69-84(11)70-87(116)14)117-88(15)71-85(12)72-89(117)16/h41-42,49-74,77,90-93H,17-40,43-48,78-83H2,1-16H3. The summed E-state index contributed by atoms with van der Waals surface area (Å²) in [5.41, 5.74) is 20.8. The lowest BCUT2D eigenvalue weighted by Crippen LogP contribution is -2.56. The lowest BCUT2D eigenvalue weighted by atomic mass is 9.34. The number of unbranched alkanes of at least 4 members (excludes halogenated alkanes) is 14. The molecule has 2 amide bonds. The topological polar surface area (TPSA) is 141 Å². The monoisotopic (exact) mass is 1950 g/mol. The highest BCUT2D eigenvalue weighted by molar-refractivity contribution is 7.28. The van der Waals surface area contributed by atoms with Gasteiger partial charge in [0.25, 0.3) is 11.8 Å². The predicted molar refractivity (Wildman–Crippen MR) is 596 cm³/mol. The van der Waals surface area contributed by atoms with Gasteiger partial charge in [0.2, 0.25) is 6.71 Å². The number of allylic oxidation sites excluding steroid dienone is 1. The number of aromatic nitrogens is 1. The number of thiazole rings is 1. The van der Waals surface area contributed by atoms with E-state index in [0.29, 0.717) is 101 Å². The molecule has 11 aromatic rings. The first kappa shape index (κ1) is 107. The molecule has 0 spiro atoms. The van der Waals surface area contributed by atoms with Crippen molar-refractivity contribution in [2.75, 3.05) is 31.3 Å². The third-order valence-corrected chi connectivity index (χ3v) is 33.5. The van der Waals surface area contributed by atoms with E-state index in [1.807, 2.05) is 46.2 Å². The van der Waals surface area contributed by atoms with Crippen LogP contribution in [0.25, 0.3) is 47.5 Å². The number of nitriles is 2. The van der Waals surface area contributed by atoms with Crippen molar-refractivity contribution >= 4 is 115 Å². The molecule has 17 heteroatoms. The summed E-state index contributed by atoms with van der Waals surface area (Å²) in [6, 6.07) is 64.0. The van der Waals surface area contributed by atoms with E-state index in [4.69, 9.17) is 23.9 Å². The maximum absolute atomic E-state index is 17.7. The Morgan fingerprint density at radius 3 is 1.14 bits per heavy atom. The highest BCUT2D eigenvalue weighted by Gasteiger charge is 2.51. The number of carbonyl (C=O) groups is 2. The van der Waals surface area contributed by atoms with Crippen molar-refractivity contribution in [3.8, 4) is 65.2 Å². The van der Waals surface area contributed by atoms with Crippen molar-refractivity contribution in [3.63, 3.8) is 0 Å². The van der Waals surface area contributed by atoms with E-state index in [9.17, 15) is 10.5 Å². The van der Waals surface area contributed by atoms with Crippen molar-refractivity contribution < 1.29 is 28.5 Å². The van der Waals surface area contributed by atoms with Crippen LogP contribution in [0.4, 0.5) is 17.1 Å². The summed E-state index contributed by atoms with van der Waals surface area (Å²) in [4.78, 5) is 52.9. The number of carbonyl (C=O) groups excluding carboxylic acids is 2. The van der Waals surface area contributed by atoms with Gasteiger partial charge in [0.1, 0.15) is 45.7 Å². The Morgan fingerprint density at radius 1 is 0.407 bits per heavy atom. The van der Waals surface area contributed by atoms with Crippen molar-refractivity contribution in [3.05, 3.63) is 257 Å². The summed E-state index contributed by atoms with van der Waals surface area (Å²) in [7, 11) is 0. The number of rotatable bonds is 58. The summed E-state index contributed by atoms with van der Waals surface area (Å²) in [5, 5.41) is 21.0. The molecule has 2 aliphatic rings. The SMILES string of the molecule is CCCCCCCCc1ccc(N(c2ccc(CCCCCCCC)cc2)c2ccc(-c3ccc(C4=C5C(=O)N(Cc6c(OCC(CC)CCCC)cccc6OCC(CC)CCCC)C(c6ccc(-c7cc(B(c8c(C)cc(C)cc8C)c8c(C)cc(C)cc8C)c(-c8ncc(C=C(C#N)C#N)s8)s7)s6)=C5C(=O)N4Cc4c(OCC(CC)CCCC)cccc4OCC(CC)CCCC)s3)cc2)cc1. The van der Waals surface area contributed by atoms with Crippen LogP contribution in [0.1, 0.15) is 319 Å². The van der Waals surface area contributed by atoms with Crippen LogP contribution < -0.4 is 40.2 Å². The van der Waals surface area contributed by atoms with Crippen molar-refractivity contribution in [1.82, 2.24) is 14.8 Å². The third-order valence-electron chi connectivity index (χ3n) is 28.8. The zero-order chi connectivity index (χ0) is 99.1. The van der Waals surface area contributed by atoms with Gasteiger partial charge in [0.15, 0.2) is 0 Å². The Kier molecular flexibility index (Phi) is 40.8. The maximum atomic E-state index is 17.7. The Balaban J connectivity index is 1.02. The van der Waals surface area contributed by atoms with E-state index in [0.717, 1.165) is 189 Å². The van der Waals surface area contributed by atoms with E-state index in [1.165, 1.54) is 144 Å². The minimum absolute atomic E-state index is 0.000821. The fraction of sp³-hybridized carbons (Fsp3) is 0.455. The second kappa shape index (κ2) is 53.5. The minimum atomic E-state index is -0.296. The second-order valence-corrected chi connectivity index (χ2v) is 43.8. The largest absolute Gasteiger partial charge is 0.493 e. The molecule has 13 rings (SSSR count). The van der Waals surface area contributed by atoms with E-state index in [-0.39, 0.29) is 37.2 Å². The van der Waals surface area contributed by atoms with Gasteiger partial charge in [-0.3, -0.25) is 9.59 Å². The van der Waals surface area contributed by atoms with Crippen LogP contribution in [-0.4, -0.2) is 59.7 Å². The zero-order valence-corrected chi connectivity index (χ0v) is 90.1. The van der Waals surface area contributed by atoms with Crippen LogP contribution >= 0.6 is 45.3 Å². The number of anilines is 3. The van der Waals surface area contributed by atoms with Gasteiger partial charge in [-0.25, -0.2) is 4.98 Å². The molecule has 4 atom stereocenters. The van der Waals surface area contributed by atoms with E-state index >= 15 is 9.59 Å². The molecule has 4 aromatic heterocycles. The quantitative estimate of drug-likeness (QED) is 0.0205. The highest BCUT2D eigenvalue weighted by Crippen LogP contribution is 2.54. The number of thiophene rings is 3. The number of nitrogens with zero attached hydrogens (tertiary/aromatic N) is 6. The first-order valence-electron chi connectivity index (χ1n) is 53.2. The molecule has 2 aliphatic heterocycles. The molecular weight excluding hydrogens is 1800 g/mol. The van der Waals surface area contributed by atoms with Crippen molar-refractivity contribution in [2.45, 2.75) is 316 Å². The zero-order valence-electron chi connectivity index (χ0n) is 86.9. The minimum Gasteiger partial charge on any atom is -0.493 e. The molecule has 4 unspecified atom stereocenters. The molecule has 0 radical (unpaired) electrons. The molecular formula is C123H153BN6O6S4. The average molecular weight is 1950 g/mol. The number of ether oxygens (including phenoxy) is 4. The normalized spacial score (nSPS) is 13.4. The van der Waals surface area contributed by atoms with Crippen LogP contribution in [0.3, 0.4) is 0 Å². The van der Waals surface area contributed by atoms with Crippen LogP contribution in [0.2, 0.25) is 0 Å². The lowest BCUT2D eigenvalue weighted by molar-refractivity contribution is -0.124. The Bertz CT molecular complexity index is 5840. The maximum Gasteiger partial charge on any atom is 0.261 e. The van der Waals surface area contributed by atoms with Gasteiger partial charge in [0, 0.05) is 42.8 Å². The third kappa shape index (κ3) is 27.1. The molecule has 0 fully saturated rings. The van der Waals surface area contributed by atoms with Gasteiger partial charge in [-0.05, 0) is 236 Å². The number of amides is 2. The fourth-order valence-electron chi connectivity index (χ4n) is 20.5. The fourth-order valence-corrected chi connectivity index (χ4v) is 24.9. The van der Waals surface area contributed by atoms with Gasteiger partial charge in [-0.2, -0.15) is 10.5 Å². The highest BCUT2D eigenvalue weighted by atomic mass is 32.1. The molecule has 0 N–H and O–H groups in total. The van der Waals surface area contributed by atoms with Crippen LogP contribution in [0, 0.1) is 87.9 Å². The lowest BCUT2D eigenvalue weighted by Gasteiger charge is -2.28. The van der Waals surface area contributed by atoms with Crippen LogP contribution in [0.5, 0.6) is 23.0 Å². The summed E-state index contributed by atoms with van der Waals surface area (Å²) in [6.07, 6.45) is 37.3. The first-order valence-corrected chi connectivity index (χ1v) is 56.4. The first-order chi connectivity index (χ1) is 68.2. The van der Waals surface area contributed by atoms with Crippen LogP contribution in [-0.2, 0) is 35.5 Å². The summed E-state index contributed by atoms with van der Waals surface area (Å²) < 4.78 is 28.8. The average Bonchev–Trinajstić information content (AvgIpc) is 1.55. The number of fused-ring (bicyclic) bond motifs is 1. The van der Waals surface area contributed by atoms with Crippen molar-refractivity contribution in [1.29, 1.82) is 10.5 Å². The Morgan fingerprint density at radius 2 is 0.764 bits per heavy atom. The summed E-state index contributed by atoms with van der Waals surface area (Å²) in [6.45, 7) is 37.6. The molecule has 6 heterocycles. The Labute approximate surface area is 855 Å². The molecule has 12 nitrogen and oxygen atoms in total. The molecule has 0 saturated carbocycles. The second-order valence-electron chi connectivity index (χ2n) is 39.5. The van der Waals surface area contributed by atoms with E-state index in [1.54, 1.807) is 46.3 Å². The van der Waals surface area contributed by atoms with E-state index in [2.05, 4.69) is 255 Å². The van der Waals surface area contributed by atoms with Gasteiger partial charge in [-0.15, -0.1) is 45.3 Å². The van der Waals surface area contributed by atoms with Crippen molar-refractivity contribution in [2.24, 2.45) is 23.7 Å². The summed E-state index contributed by atoms with van der Waals surface area (Å²) in [5.74, 6) is 3.25. The smallest absolute Gasteiger partial charge is 0.261 e. The predicted octanol–water partition coefficient (Wildman–Crippen LogP) is 33.0. The van der Waals surface area contributed by atoms with Gasteiger partial charge in [-0.1, -0.05) is 328 Å². The molecule has 0 bridgehead atoms. The summed E-state index contributed by atoms with van der Waals surface area (Å²) >= 11 is 6.32. The molecule has 140 heavy (non-hydrogen) atoms. The number of benzene rings is 7. The van der Waals surface area contributed by atoms with E-state index < -0.39 is 0 Å². The van der Waals surface area contributed by atoms with Gasteiger partial charge < -0.3 is 33.6 Å². The Hall–Kier alpha value is -10.5. The molecule has 7 aromatic carbocycles. The molecule has 0 saturated heterocycles. The molecule has 0 aliphatic carbocycles. The van der Waals surface area contributed by atoms with Crippen LogP contribution in [0.15, 0.2) is 187 Å². The van der Waals surface area contributed by atoms with Gasteiger partial charge >= 0.3 is 0 Å². The van der Waals surface area contributed by atoms with Gasteiger partial charge in [0.05, 0.1) is 87.8 Å². The number of aryl methyl sites for hydroxylation is 8. The number of hydrogen-bond donors (Lipinski definition) is 0.